The molecule has 0 saturated heterocycles. The average molecular weight is 169 g/mol. The van der Waals surface area contributed by atoms with Gasteiger partial charge in [0.15, 0.2) is 0 Å². The minimum atomic E-state index is 0.488. The van der Waals surface area contributed by atoms with Crippen molar-refractivity contribution in [2.45, 2.75) is 58.9 Å². The van der Waals surface area contributed by atoms with Crippen LogP contribution in [0.1, 0.15) is 52.9 Å². The van der Waals surface area contributed by atoms with Gasteiger partial charge in [-0.15, -0.1) is 0 Å². The molecule has 0 bridgehead atoms. The molecule has 0 aromatic heterocycles. The Labute approximate surface area is 76.7 Å². The Bertz CT molecular complexity index is 134. The molecule has 0 spiro atoms. The van der Waals surface area contributed by atoms with Crippen LogP contribution in [-0.2, 0) is 0 Å². The number of nitrogens with two attached hydrogens (primary N) is 1. The molecule has 1 aliphatic carbocycles. The monoisotopic (exact) mass is 169 g/mol. The van der Waals surface area contributed by atoms with Crippen LogP contribution in [0.4, 0.5) is 0 Å². The first-order chi connectivity index (χ1) is 5.49. The Morgan fingerprint density at radius 3 is 2.33 bits per heavy atom. The Balaban J connectivity index is 2.23. The van der Waals surface area contributed by atoms with Crippen LogP contribution in [-0.4, -0.2) is 6.04 Å². The third kappa shape index (κ3) is 3.14. The molecule has 1 heteroatoms. The Kier molecular flexibility index (Phi) is 3.16. The zero-order valence-electron chi connectivity index (χ0n) is 8.77. The molecule has 0 radical (unpaired) electrons. The van der Waals surface area contributed by atoms with Crippen LogP contribution in [0, 0.1) is 11.3 Å². The molecule has 1 rings (SSSR count). The lowest BCUT2D eigenvalue weighted by molar-refractivity contribution is 0.311. The molecule has 2 unspecified atom stereocenters. The zero-order chi connectivity index (χ0) is 9.19. The van der Waals surface area contributed by atoms with E-state index in [-0.39, 0.29) is 0 Å². The van der Waals surface area contributed by atoms with Gasteiger partial charge in [0.25, 0.3) is 0 Å². The molecule has 1 nitrogen and oxygen atoms in total. The van der Waals surface area contributed by atoms with E-state index < -0.39 is 0 Å². The Morgan fingerprint density at radius 2 is 1.92 bits per heavy atom. The normalized spacial score (nSPS) is 31.0. The smallest absolute Gasteiger partial charge is 0.00671 e. The van der Waals surface area contributed by atoms with Crippen LogP contribution in [0.5, 0.6) is 0 Å². The van der Waals surface area contributed by atoms with Crippen molar-refractivity contribution in [1.29, 1.82) is 0 Å². The molecule has 0 amide bonds. The quantitative estimate of drug-likeness (QED) is 0.675. The molecular weight excluding hydrogens is 146 g/mol. The van der Waals surface area contributed by atoms with E-state index >= 15 is 0 Å². The van der Waals surface area contributed by atoms with Crippen molar-refractivity contribution >= 4 is 0 Å². The predicted octanol–water partition coefficient (Wildman–Crippen LogP) is 2.94. The van der Waals surface area contributed by atoms with E-state index in [0.717, 1.165) is 5.92 Å². The number of hydrogen-bond donors (Lipinski definition) is 1. The number of rotatable bonds is 2. The molecule has 2 N–H and O–H groups in total. The molecule has 1 aliphatic rings. The molecule has 1 saturated carbocycles. The van der Waals surface area contributed by atoms with E-state index in [1.54, 1.807) is 0 Å². The lowest BCUT2D eigenvalue weighted by atomic mass is 9.85. The third-order valence-corrected chi connectivity index (χ3v) is 2.98. The van der Waals surface area contributed by atoms with Gasteiger partial charge in [-0.1, -0.05) is 27.2 Å². The fourth-order valence-electron chi connectivity index (χ4n) is 2.04. The van der Waals surface area contributed by atoms with Gasteiger partial charge in [-0.2, -0.15) is 0 Å². The van der Waals surface area contributed by atoms with Crippen LogP contribution in [0.25, 0.3) is 0 Å². The van der Waals surface area contributed by atoms with Gasteiger partial charge in [0.2, 0.25) is 0 Å². The van der Waals surface area contributed by atoms with Crippen molar-refractivity contribution in [2.75, 3.05) is 0 Å². The van der Waals surface area contributed by atoms with Gasteiger partial charge >= 0.3 is 0 Å². The second-order valence-corrected chi connectivity index (χ2v) is 5.45. The van der Waals surface area contributed by atoms with Crippen molar-refractivity contribution in [1.82, 2.24) is 0 Å². The summed E-state index contributed by atoms with van der Waals surface area (Å²) in [4.78, 5) is 0. The molecule has 0 aromatic rings. The van der Waals surface area contributed by atoms with E-state index in [1.807, 2.05) is 0 Å². The van der Waals surface area contributed by atoms with Crippen LogP contribution >= 0.6 is 0 Å². The first kappa shape index (κ1) is 10.0. The topological polar surface area (TPSA) is 26.0 Å². The first-order valence-electron chi connectivity index (χ1n) is 5.24. The van der Waals surface area contributed by atoms with Gasteiger partial charge in [0, 0.05) is 6.04 Å². The summed E-state index contributed by atoms with van der Waals surface area (Å²) in [5.74, 6) is 0.823. The van der Waals surface area contributed by atoms with Gasteiger partial charge in [-0.05, 0) is 37.0 Å². The molecule has 0 aromatic carbocycles. The van der Waals surface area contributed by atoms with Gasteiger partial charge in [0.05, 0.1) is 0 Å². The van der Waals surface area contributed by atoms with Crippen LogP contribution in [0.15, 0.2) is 0 Å². The van der Waals surface area contributed by atoms with Crippen molar-refractivity contribution < 1.29 is 0 Å². The summed E-state index contributed by atoms with van der Waals surface area (Å²) < 4.78 is 0. The molecule has 2 atom stereocenters. The minimum absolute atomic E-state index is 0.488. The minimum Gasteiger partial charge on any atom is -0.327 e. The highest BCUT2D eigenvalue weighted by molar-refractivity contribution is 4.81. The van der Waals surface area contributed by atoms with Crippen molar-refractivity contribution in [3.63, 3.8) is 0 Å². The van der Waals surface area contributed by atoms with Gasteiger partial charge in [0.1, 0.15) is 0 Å². The SMILES string of the molecule is CC(C)(C)CCC1CCCC1N. The molecule has 1 fully saturated rings. The highest BCUT2D eigenvalue weighted by atomic mass is 14.7. The molecule has 0 heterocycles. The molecule has 0 aliphatic heterocycles. The maximum Gasteiger partial charge on any atom is 0.00671 e. The van der Waals surface area contributed by atoms with Crippen molar-refractivity contribution in [2.24, 2.45) is 17.1 Å². The Hall–Kier alpha value is -0.0400. The van der Waals surface area contributed by atoms with Crippen molar-refractivity contribution in [3.05, 3.63) is 0 Å². The zero-order valence-corrected chi connectivity index (χ0v) is 8.77. The van der Waals surface area contributed by atoms with Crippen LogP contribution in [0.3, 0.4) is 0 Å². The van der Waals surface area contributed by atoms with Gasteiger partial charge in [-0.25, -0.2) is 0 Å². The summed E-state index contributed by atoms with van der Waals surface area (Å²) in [5, 5.41) is 0. The predicted molar refractivity (Wildman–Crippen MR) is 54.0 cm³/mol. The summed E-state index contributed by atoms with van der Waals surface area (Å²) in [6, 6.07) is 0.507. The van der Waals surface area contributed by atoms with E-state index in [9.17, 15) is 0 Å². The summed E-state index contributed by atoms with van der Waals surface area (Å²) in [5.41, 5.74) is 6.50. The second-order valence-electron chi connectivity index (χ2n) is 5.45. The van der Waals surface area contributed by atoms with E-state index in [1.165, 1.54) is 32.1 Å². The summed E-state index contributed by atoms with van der Waals surface area (Å²) in [7, 11) is 0. The fraction of sp³-hybridized carbons (Fsp3) is 1.00. The molecular formula is C11H23N. The maximum atomic E-state index is 6.01. The van der Waals surface area contributed by atoms with E-state index in [2.05, 4.69) is 20.8 Å². The maximum absolute atomic E-state index is 6.01. The van der Waals surface area contributed by atoms with E-state index in [0.29, 0.717) is 11.5 Å². The summed E-state index contributed by atoms with van der Waals surface area (Å²) in [6.45, 7) is 6.94. The van der Waals surface area contributed by atoms with Crippen LogP contribution < -0.4 is 5.73 Å². The van der Waals surface area contributed by atoms with Crippen LogP contribution in [0.2, 0.25) is 0 Å². The van der Waals surface area contributed by atoms with Gasteiger partial charge < -0.3 is 5.73 Å². The fourth-order valence-corrected chi connectivity index (χ4v) is 2.04. The molecule has 72 valence electrons. The largest absolute Gasteiger partial charge is 0.327 e. The lowest BCUT2D eigenvalue weighted by Gasteiger charge is -2.22. The number of hydrogen-bond acceptors (Lipinski definition) is 1. The molecule has 12 heavy (non-hydrogen) atoms. The Morgan fingerprint density at radius 1 is 1.25 bits per heavy atom. The second kappa shape index (κ2) is 3.78. The lowest BCUT2D eigenvalue weighted by Crippen LogP contribution is -2.25. The summed E-state index contributed by atoms with van der Waals surface area (Å²) in [6.07, 6.45) is 6.65. The summed E-state index contributed by atoms with van der Waals surface area (Å²) >= 11 is 0. The highest BCUT2D eigenvalue weighted by Crippen LogP contribution is 2.32. The van der Waals surface area contributed by atoms with E-state index in [4.69, 9.17) is 5.73 Å². The van der Waals surface area contributed by atoms with Crippen molar-refractivity contribution in [3.8, 4) is 0 Å². The van der Waals surface area contributed by atoms with Gasteiger partial charge in [-0.3, -0.25) is 0 Å². The highest BCUT2D eigenvalue weighted by Gasteiger charge is 2.24. The third-order valence-electron chi connectivity index (χ3n) is 2.98. The first-order valence-corrected chi connectivity index (χ1v) is 5.24. The standard InChI is InChI=1S/C11H23N/c1-11(2,3)8-7-9-5-4-6-10(9)12/h9-10H,4-8,12H2,1-3H3. The average Bonchev–Trinajstić information content (AvgIpc) is 2.29.